The van der Waals surface area contributed by atoms with Gasteiger partial charge in [-0.05, 0) is 18.6 Å². The highest BCUT2D eigenvalue weighted by Crippen LogP contribution is 2.34. The quantitative estimate of drug-likeness (QED) is 0.792. The maximum atomic E-state index is 9.57. The van der Waals surface area contributed by atoms with Crippen molar-refractivity contribution in [3.63, 3.8) is 0 Å². The van der Waals surface area contributed by atoms with Crippen molar-refractivity contribution in [3.05, 3.63) is 27.7 Å². The highest BCUT2D eigenvalue weighted by molar-refractivity contribution is 6.35. The van der Waals surface area contributed by atoms with Crippen molar-refractivity contribution in [2.24, 2.45) is 5.73 Å². The fourth-order valence-electron chi connectivity index (χ4n) is 1.16. The topological polar surface area (TPSA) is 66.5 Å². The third-order valence-corrected chi connectivity index (χ3v) is 2.40. The highest BCUT2D eigenvalue weighted by Gasteiger charge is 2.14. The van der Waals surface area contributed by atoms with E-state index in [0.29, 0.717) is 17.0 Å². The van der Waals surface area contributed by atoms with Gasteiger partial charge in [0.1, 0.15) is 5.75 Å². The molecule has 0 fully saturated rings. The van der Waals surface area contributed by atoms with Crippen molar-refractivity contribution in [3.8, 4) is 5.75 Å². The summed E-state index contributed by atoms with van der Waals surface area (Å²) in [6.45, 7) is -0.0509. The Morgan fingerprint density at radius 2 is 1.93 bits per heavy atom. The minimum Gasteiger partial charge on any atom is -0.506 e. The number of nitrogens with two attached hydrogens (primary N) is 1. The summed E-state index contributed by atoms with van der Waals surface area (Å²) in [4.78, 5) is 0. The monoisotopic (exact) mass is 271 g/mol. The van der Waals surface area contributed by atoms with Gasteiger partial charge >= 0.3 is 0 Å². The smallest absolute Gasteiger partial charge is 0.139 e. The Morgan fingerprint density at radius 3 is 2.47 bits per heavy atom. The molecule has 0 aliphatic heterocycles. The van der Waals surface area contributed by atoms with E-state index in [2.05, 4.69) is 0 Å². The van der Waals surface area contributed by atoms with E-state index in [-0.39, 0.29) is 29.8 Å². The Balaban J connectivity index is 0.00000196. The molecule has 0 aliphatic rings. The first kappa shape index (κ1) is 14.8. The van der Waals surface area contributed by atoms with Gasteiger partial charge in [0, 0.05) is 23.2 Å². The Kier molecular flexibility index (Phi) is 6.32. The zero-order chi connectivity index (χ0) is 10.7. The molecule has 0 amide bonds. The standard InChI is InChI=1S/C9H11Cl2NO2.ClH/c10-5-3-6(8(12)1-2-13)9(14)7(11)4-5;/h3-4,8,13-14H,1-2,12H2;1H. The average molecular weight is 273 g/mol. The largest absolute Gasteiger partial charge is 0.506 e. The third-order valence-electron chi connectivity index (χ3n) is 1.90. The second kappa shape index (κ2) is 6.40. The Labute approximate surface area is 104 Å². The lowest BCUT2D eigenvalue weighted by atomic mass is 10.0. The summed E-state index contributed by atoms with van der Waals surface area (Å²) in [6.07, 6.45) is 0.351. The summed E-state index contributed by atoms with van der Waals surface area (Å²) in [6, 6.07) is 2.52. The van der Waals surface area contributed by atoms with Crippen LogP contribution >= 0.6 is 35.6 Å². The zero-order valence-corrected chi connectivity index (χ0v) is 10.1. The molecule has 0 saturated heterocycles. The Hall–Kier alpha value is -0.190. The summed E-state index contributed by atoms with van der Waals surface area (Å²) < 4.78 is 0. The number of hydrogen-bond donors (Lipinski definition) is 3. The van der Waals surface area contributed by atoms with Gasteiger partial charge < -0.3 is 15.9 Å². The number of hydrogen-bond acceptors (Lipinski definition) is 3. The first-order valence-electron chi connectivity index (χ1n) is 4.10. The fourth-order valence-corrected chi connectivity index (χ4v) is 1.67. The van der Waals surface area contributed by atoms with Gasteiger partial charge in [-0.25, -0.2) is 0 Å². The number of phenols is 1. The van der Waals surface area contributed by atoms with Crippen LogP contribution in [0, 0.1) is 0 Å². The van der Waals surface area contributed by atoms with Crippen LogP contribution in [-0.4, -0.2) is 16.8 Å². The molecule has 15 heavy (non-hydrogen) atoms. The van der Waals surface area contributed by atoms with E-state index < -0.39 is 6.04 Å². The van der Waals surface area contributed by atoms with E-state index in [1.165, 1.54) is 6.07 Å². The van der Waals surface area contributed by atoms with E-state index >= 15 is 0 Å². The second-order valence-electron chi connectivity index (χ2n) is 2.94. The molecule has 0 saturated carbocycles. The number of rotatable bonds is 3. The molecule has 4 N–H and O–H groups in total. The van der Waals surface area contributed by atoms with Crippen LogP contribution in [0.3, 0.4) is 0 Å². The molecule has 1 aromatic carbocycles. The van der Waals surface area contributed by atoms with Gasteiger partial charge in [0.05, 0.1) is 5.02 Å². The molecule has 1 unspecified atom stereocenters. The number of phenolic OH excluding ortho intramolecular Hbond substituents is 1. The van der Waals surface area contributed by atoms with E-state index in [1.54, 1.807) is 6.07 Å². The molecule has 1 atom stereocenters. The van der Waals surface area contributed by atoms with Gasteiger partial charge in [-0.15, -0.1) is 12.4 Å². The van der Waals surface area contributed by atoms with Crippen LogP contribution in [0.4, 0.5) is 0 Å². The summed E-state index contributed by atoms with van der Waals surface area (Å²) in [7, 11) is 0. The number of benzene rings is 1. The van der Waals surface area contributed by atoms with E-state index in [0.717, 1.165) is 0 Å². The lowest BCUT2D eigenvalue weighted by Crippen LogP contribution is -2.12. The molecular formula is C9H12Cl3NO2. The molecule has 6 heteroatoms. The molecular weight excluding hydrogens is 260 g/mol. The normalized spacial score (nSPS) is 12.0. The number of aliphatic hydroxyl groups excluding tert-OH is 1. The average Bonchev–Trinajstić information content (AvgIpc) is 2.11. The number of aliphatic hydroxyl groups is 1. The van der Waals surface area contributed by atoms with Crippen molar-refractivity contribution >= 4 is 35.6 Å². The molecule has 0 radical (unpaired) electrons. The van der Waals surface area contributed by atoms with E-state index in [9.17, 15) is 5.11 Å². The first-order chi connectivity index (χ1) is 6.56. The van der Waals surface area contributed by atoms with E-state index in [1.807, 2.05) is 0 Å². The summed E-state index contributed by atoms with van der Waals surface area (Å²) >= 11 is 11.5. The summed E-state index contributed by atoms with van der Waals surface area (Å²) in [5.74, 6) is -0.0722. The van der Waals surface area contributed by atoms with Crippen molar-refractivity contribution in [2.75, 3.05) is 6.61 Å². The second-order valence-corrected chi connectivity index (χ2v) is 3.79. The van der Waals surface area contributed by atoms with Crippen molar-refractivity contribution < 1.29 is 10.2 Å². The fraction of sp³-hybridized carbons (Fsp3) is 0.333. The SMILES string of the molecule is Cl.NC(CCO)c1cc(Cl)cc(Cl)c1O. The number of halogens is 3. The minimum absolute atomic E-state index is 0. The molecule has 0 spiro atoms. The molecule has 0 aliphatic carbocycles. The van der Waals surface area contributed by atoms with Crippen LogP contribution in [-0.2, 0) is 0 Å². The van der Waals surface area contributed by atoms with Crippen LogP contribution in [0.2, 0.25) is 10.0 Å². The predicted octanol–water partition coefficient (Wildman–Crippen LogP) is 2.50. The van der Waals surface area contributed by atoms with Gasteiger partial charge in [-0.1, -0.05) is 23.2 Å². The highest BCUT2D eigenvalue weighted by atomic mass is 35.5. The molecule has 3 nitrogen and oxygen atoms in total. The van der Waals surface area contributed by atoms with Crippen LogP contribution in [0.25, 0.3) is 0 Å². The summed E-state index contributed by atoms with van der Waals surface area (Å²) in [5.41, 5.74) is 6.16. The van der Waals surface area contributed by atoms with Crippen LogP contribution in [0.5, 0.6) is 5.75 Å². The summed E-state index contributed by atoms with van der Waals surface area (Å²) in [5, 5.41) is 18.8. The van der Waals surface area contributed by atoms with E-state index in [4.69, 9.17) is 34.0 Å². The lowest BCUT2D eigenvalue weighted by Gasteiger charge is -2.13. The molecule has 86 valence electrons. The van der Waals surface area contributed by atoms with Gasteiger partial charge in [-0.3, -0.25) is 0 Å². The van der Waals surface area contributed by atoms with Crippen molar-refractivity contribution in [2.45, 2.75) is 12.5 Å². The van der Waals surface area contributed by atoms with Crippen LogP contribution < -0.4 is 5.73 Å². The van der Waals surface area contributed by atoms with Crippen molar-refractivity contribution in [1.29, 1.82) is 0 Å². The predicted molar refractivity (Wildman–Crippen MR) is 64.0 cm³/mol. The zero-order valence-electron chi connectivity index (χ0n) is 7.78. The van der Waals surface area contributed by atoms with Crippen LogP contribution in [0.1, 0.15) is 18.0 Å². The van der Waals surface area contributed by atoms with Crippen LogP contribution in [0.15, 0.2) is 12.1 Å². The molecule has 1 aromatic rings. The minimum atomic E-state index is -0.462. The maximum Gasteiger partial charge on any atom is 0.139 e. The molecule has 1 rings (SSSR count). The van der Waals surface area contributed by atoms with Gasteiger partial charge in [0.25, 0.3) is 0 Å². The lowest BCUT2D eigenvalue weighted by molar-refractivity contribution is 0.275. The maximum absolute atomic E-state index is 9.57. The van der Waals surface area contributed by atoms with Crippen molar-refractivity contribution in [1.82, 2.24) is 0 Å². The Morgan fingerprint density at radius 1 is 1.33 bits per heavy atom. The van der Waals surface area contributed by atoms with Gasteiger partial charge in [0.15, 0.2) is 0 Å². The van der Waals surface area contributed by atoms with Gasteiger partial charge in [-0.2, -0.15) is 0 Å². The molecule has 0 aromatic heterocycles. The molecule has 0 heterocycles. The molecule has 0 bridgehead atoms. The first-order valence-corrected chi connectivity index (χ1v) is 4.86. The number of aromatic hydroxyl groups is 1. The Bertz CT molecular complexity index is 333. The van der Waals surface area contributed by atoms with Gasteiger partial charge in [0.2, 0.25) is 0 Å². The third kappa shape index (κ3) is 3.70.